The predicted octanol–water partition coefficient (Wildman–Crippen LogP) is 2.57. The monoisotopic (exact) mass is 323 g/mol. The average molecular weight is 324 g/mol. The Balaban J connectivity index is 2.32. The summed E-state index contributed by atoms with van der Waals surface area (Å²) in [7, 11) is 0. The van der Waals surface area contributed by atoms with Gasteiger partial charge in [-0.1, -0.05) is 15.9 Å². The molecule has 0 aliphatic carbocycles. The lowest BCUT2D eigenvalue weighted by molar-refractivity contribution is -0.138. The fourth-order valence-electron chi connectivity index (χ4n) is 1.84. The van der Waals surface area contributed by atoms with Crippen LogP contribution in [0.25, 0.3) is 0 Å². The van der Waals surface area contributed by atoms with Crippen molar-refractivity contribution in [2.75, 3.05) is 11.4 Å². The Morgan fingerprint density at radius 3 is 2.50 bits per heavy atom. The van der Waals surface area contributed by atoms with Crippen LogP contribution in [0, 0.1) is 0 Å². The first kappa shape index (κ1) is 13.4. The van der Waals surface area contributed by atoms with Gasteiger partial charge in [-0.05, 0) is 18.2 Å². The topological polar surface area (TPSA) is 40.5 Å². The second kappa shape index (κ2) is 4.55. The largest absolute Gasteiger partial charge is 0.417 e. The summed E-state index contributed by atoms with van der Waals surface area (Å²) in [4.78, 5) is 12.8. The molecule has 1 aliphatic heterocycles. The maximum Gasteiger partial charge on any atom is 0.417 e. The molecule has 1 amide bonds. The number of halogens is 4. The molecule has 7 heteroatoms. The van der Waals surface area contributed by atoms with E-state index in [-0.39, 0.29) is 23.3 Å². The van der Waals surface area contributed by atoms with Crippen LogP contribution in [-0.4, -0.2) is 23.7 Å². The van der Waals surface area contributed by atoms with Gasteiger partial charge >= 0.3 is 6.18 Å². The number of aliphatic hydroxyl groups excluding tert-OH is 1. The van der Waals surface area contributed by atoms with Crippen LogP contribution in [-0.2, 0) is 11.0 Å². The Kier molecular flexibility index (Phi) is 3.37. The van der Waals surface area contributed by atoms with E-state index in [1.54, 1.807) is 0 Å². The van der Waals surface area contributed by atoms with Crippen molar-refractivity contribution in [2.45, 2.75) is 18.7 Å². The first-order valence-electron chi connectivity index (χ1n) is 5.14. The molecule has 3 nitrogen and oxygen atoms in total. The second-order valence-electron chi connectivity index (χ2n) is 4.02. The fraction of sp³-hybridized carbons (Fsp3) is 0.364. The van der Waals surface area contributed by atoms with Gasteiger partial charge in [-0.2, -0.15) is 13.2 Å². The van der Waals surface area contributed by atoms with Gasteiger partial charge in [0.05, 0.1) is 24.6 Å². The molecule has 18 heavy (non-hydrogen) atoms. The van der Waals surface area contributed by atoms with Crippen LogP contribution in [0.4, 0.5) is 18.9 Å². The second-order valence-corrected chi connectivity index (χ2v) is 4.88. The van der Waals surface area contributed by atoms with Crippen molar-refractivity contribution in [3.63, 3.8) is 0 Å². The first-order chi connectivity index (χ1) is 8.29. The third-order valence-corrected chi connectivity index (χ3v) is 3.33. The van der Waals surface area contributed by atoms with E-state index >= 15 is 0 Å². The number of aliphatic hydroxyl groups is 1. The molecular weight excluding hydrogens is 315 g/mol. The Labute approximate surface area is 109 Å². The van der Waals surface area contributed by atoms with Crippen molar-refractivity contribution in [3.05, 3.63) is 28.2 Å². The summed E-state index contributed by atoms with van der Waals surface area (Å²) in [6.07, 6.45) is -5.21. The van der Waals surface area contributed by atoms with E-state index in [2.05, 4.69) is 15.9 Å². The normalized spacial score (nSPS) is 20.6. The zero-order chi connectivity index (χ0) is 13.5. The van der Waals surface area contributed by atoms with Gasteiger partial charge in [0, 0.05) is 10.2 Å². The number of hydrogen-bond donors (Lipinski definition) is 1. The van der Waals surface area contributed by atoms with Crippen LogP contribution in [0.15, 0.2) is 22.7 Å². The zero-order valence-corrected chi connectivity index (χ0v) is 10.6. The summed E-state index contributed by atoms with van der Waals surface area (Å²) in [6, 6.07) is 3.37. The van der Waals surface area contributed by atoms with Crippen molar-refractivity contribution in [3.8, 4) is 0 Å². The molecule has 0 bridgehead atoms. The van der Waals surface area contributed by atoms with Gasteiger partial charge in [0.1, 0.15) is 0 Å². The number of carbonyl (C=O) groups excluding carboxylic acids is 1. The highest BCUT2D eigenvalue weighted by Crippen LogP contribution is 2.37. The summed E-state index contributed by atoms with van der Waals surface area (Å²) in [5, 5.41) is 9.33. The molecular formula is C11H9BrF3NO2. The molecule has 1 aromatic rings. The number of rotatable bonds is 1. The molecule has 1 unspecified atom stereocenters. The molecule has 2 rings (SSSR count). The van der Waals surface area contributed by atoms with Crippen molar-refractivity contribution in [1.82, 2.24) is 0 Å². The Hall–Kier alpha value is -1.08. The molecule has 0 radical (unpaired) electrons. The zero-order valence-electron chi connectivity index (χ0n) is 9.04. The number of β-amino-alcohol motifs (C(OH)–C–C–N with tert-alkyl or cyclic N) is 1. The number of alkyl halides is 3. The number of nitrogens with zero attached hydrogens (tertiary/aromatic N) is 1. The third kappa shape index (κ3) is 2.51. The molecule has 1 atom stereocenters. The van der Waals surface area contributed by atoms with Crippen molar-refractivity contribution in [1.29, 1.82) is 0 Å². The minimum absolute atomic E-state index is 0.00135. The van der Waals surface area contributed by atoms with E-state index in [0.29, 0.717) is 5.69 Å². The van der Waals surface area contributed by atoms with Gasteiger partial charge in [-0.15, -0.1) is 0 Å². The highest BCUT2D eigenvalue weighted by atomic mass is 79.9. The standard InChI is InChI=1S/C11H9BrF3NO2/c12-9-3-6(1-2-8(9)11(13,14)15)16-5-7(17)4-10(16)18/h1-3,7,17H,4-5H2. The van der Waals surface area contributed by atoms with Gasteiger partial charge in [0.25, 0.3) is 0 Å². The fourth-order valence-corrected chi connectivity index (χ4v) is 2.43. The van der Waals surface area contributed by atoms with E-state index in [9.17, 15) is 23.1 Å². The number of benzene rings is 1. The number of carbonyl (C=O) groups is 1. The predicted molar refractivity (Wildman–Crippen MR) is 62.1 cm³/mol. The third-order valence-electron chi connectivity index (χ3n) is 2.67. The van der Waals surface area contributed by atoms with Gasteiger partial charge in [-0.3, -0.25) is 4.79 Å². The first-order valence-corrected chi connectivity index (χ1v) is 5.93. The molecule has 1 saturated heterocycles. The van der Waals surface area contributed by atoms with Gasteiger partial charge in [0.2, 0.25) is 5.91 Å². The van der Waals surface area contributed by atoms with Gasteiger partial charge in [-0.25, -0.2) is 0 Å². The van der Waals surface area contributed by atoms with Gasteiger partial charge < -0.3 is 10.0 Å². The Morgan fingerprint density at radius 2 is 2.06 bits per heavy atom. The Bertz CT molecular complexity index is 490. The van der Waals surface area contributed by atoms with Crippen LogP contribution in [0.5, 0.6) is 0 Å². The molecule has 1 fully saturated rings. The van der Waals surface area contributed by atoms with Crippen LogP contribution < -0.4 is 4.90 Å². The summed E-state index contributed by atoms with van der Waals surface area (Å²) < 4.78 is 37.5. The summed E-state index contributed by atoms with van der Waals surface area (Å²) in [5.74, 6) is -0.297. The number of hydrogen-bond acceptors (Lipinski definition) is 2. The molecule has 98 valence electrons. The van der Waals surface area contributed by atoms with E-state index < -0.39 is 17.8 Å². The Morgan fingerprint density at radius 1 is 1.39 bits per heavy atom. The van der Waals surface area contributed by atoms with Crippen molar-refractivity contribution >= 4 is 27.5 Å². The summed E-state index contributed by atoms with van der Waals surface area (Å²) >= 11 is 2.84. The molecule has 1 aliphatic rings. The minimum atomic E-state index is -4.44. The van der Waals surface area contributed by atoms with E-state index in [4.69, 9.17) is 0 Å². The molecule has 0 aromatic heterocycles. The lowest BCUT2D eigenvalue weighted by Gasteiger charge is -2.18. The average Bonchev–Trinajstić information content (AvgIpc) is 2.55. The molecule has 0 saturated carbocycles. The minimum Gasteiger partial charge on any atom is -0.391 e. The quantitative estimate of drug-likeness (QED) is 0.863. The maximum absolute atomic E-state index is 12.5. The van der Waals surface area contributed by atoms with E-state index in [1.165, 1.54) is 17.0 Å². The van der Waals surface area contributed by atoms with Crippen LogP contribution >= 0.6 is 15.9 Å². The number of anilines is 1. The lowest BCUT2D eigenvalue weighted by Crippen LogP contribution is -2.25. The maximum atomic E-state index is 12.5. The van der Waals surface area contributed by atoms with Crippen molar-refractivity contribution < 1.29 is 23.1 Å². The SMILES string of the molecule is O=C1CC(O)CN1c1ccc(C(F)(F)F)c(Br)c1. The molecule has 1 heterocycles. The highest BCUT2D eigenvalue weighted by molar-refractivity contribution is 9.10. The van der Waals surface area contributed by atoms with E-state index in [1.807, 2.05) is 0 Å². The van der Waals surface area contributed by atoms with Crippen molar-refractivity contribution in [2.24, 2.45) is 0 Å². The molecule has 1 aromatic carbocycles. The molecule has 1 N–H and O–H groups in total. The lowest BCUT2D eigenvalue weighted by atomic mass is 10.2. The van der Waals surface area contributed by atoms with Crippen LogP contribution in [0.3, 0.4) is 0 Å². The number of amides is 1. The summed E-state index contributed by atoms with van der Waals surface area (Å²) in [6.45, 7) is 0.108. The van der Waals surface area contributed by atoms with Crippen LogP contribution in [0.1, 0.15) is 12.0 Å². The van der Waals surface area contributed by atoms with E-state index in [0.717, 1.165) is 6.07 Å². The molecule has 0 spiro atoms. The summed E-state index contributed by atoms with van der Waals surface area (Å²) in [5.41, 5.74) is -0.449. The smallest absolute Gasteiger partial charge is 0.391 e. The van der Waals surface area contributed by atoms with Crippen LogP contribution in [0.2, 0.25) is 0 Å². The highest BCUT2D eigenvalue weighted by Gasteiger charge is 2.34. The van der Waals surface area contributed by atoms with Gasteiger partial charge in [0.15, 0.2) is 0 Å².